The number of carbonyl (C=O) groups is 2. The van der Waals surface area contributed by atoms with Gasteiger partial charge < -0.3 is 14.7 Å². The smallest absolute Gasteiger partial charge is 0.332 e. The lowest BCUT2D eigenvalue weighted by Crippen LogP contribution is -2.57. The second kappa shape index (κ2) is 10.8. The lowest BCUT2D eigenvalue weighted by atomic mass is 9.88. The fourth-order valence-electron chi connectivity index (χ4n) is 5.12. The van der Waals surface area contributed by atoms with Crippen molar-refractivity contribution < 1.29 is 19.4 Å². The number of amides is 3. The average molecular weight is 613 g/mol. The molecule has 2 aliphatic heterocycles. The van der Waals surface area contributed by atoms with E-state index >= 15 is 0 Å². The molecule has 0 bridgehead atoms. The van der Waals surface area contributed by atoms with Gasteiger partial charge in [-0.1, -0.05) is 51.3 Å². The number of carbonyl (C=O) groups excluding carboxylic acids is 2. The molecule has 37 heavy (non-hydrogen) atoms. The van der Waals surface area contributed by atoms with Crippen LogP contribution in [0, 0.1) is 0 Å². The molecule has 1 N–H and O–H groups in total. The third-order valence-corrected chi connectivity index (χ3v) is 7.76. The van der Waals surface area contributed by atoms with Crippen LogP contribution in [0.1, 0.15) is 46.1 Å². The predicted molar refractivity (Wildman–Crippen MR) is 149 cm³/mol. The van der Waals surface area contributed by atoms with Crippen molar-refractivity contribution in [2.45, 2.75) is 70.6 Å². The van der Waals surface area contributed by atoms with Gasteiger partial charge in [-0.3, -0.25) is 9.69 Å². The third kappa shape index (κ3) is 6.15. The molecule has 2 heterocycles. The number of imide groups is 1. The van der Waals surface area contributed by atoms with Crippen molar-refractivity contribution >= 4 is 56.8 Å². The van der Waals surface area contributed by atoms with Crippen LogP contribution >= 0.6 is 39.1 Å². The molecule has 0 radical (unpaired) electrons. The molecular formula is C27H32BrCl2N3O4. The van der Waals surface area contributed by atoms with E-state index < -0.39 is 23.6 Å². The number of aliphatic hydroxyl groups excluding tert-OH is 1. The van der Waals surface area contributed by atoms with Gasteiger partial charge in [-0.2, -0.15) is 0 Å². The second-order valence-corrected chi connectivity index (χ2v) is 12.6. The minimum atomic E-state index is -1.12. The van der Waals surface area contributed by atoms with Crippen molar-refractivity contribution in [3.8, 4) is 0 Å². The Balaban J connectivity index is 1.64. The predicted octanol–water partition coefficient (Wildman–Crippen LogP) is 6.08. The molecule has 7 nitrogen and oxygen atoms in total. The lowest BCUT2D eigenvalue weighted by Gasteiger charge is -2.43. The van der Waals surface area contributed by atoms with Crippen molar-refractivity contribution in [2.75, 3.05) is 18.0 Å². The van der Waals surface area contributed by atoms with Gasteiger partial charge >= 0.3 is 6.03 Å². The van der Waals surface area contributed by atoms with E-state index in [1.807, 2.05) is 56.9 Å². The quantitative estimate of drug-likeness (QED) is 0.316. The summed E-state index contributed by atoms with van der Waals surface area (Å²) in [6.45, 7) is 8.55. The van der Waals surface area contributed by atoms with Crippen molar-refractivity contribution in [1.29, 1.82) is 0 Å². The van der Waals surface area contributed by atoms with Gasteiger partial charge in [0.25, 0.3) is 5.91 Å². The molecule has 2 aliphatic rings. The second-order valence-electron chi connectivity index (χ2n) is 10.8. The van der Waals surface area contributed by atoms with Gasteiger partial charge in [-0.05, 0) is 76.4 Å². The fraction of sp³-hybridized carbons (Fsp3) is 0.481. The zero-order valence-corrected chi connectivity index (χ0v) is 24.5. The Morgan fingerprint density at radius 1 is 1.08 bits per heavy atom. The molecule has 2 aromatic carbocycles. The summed E-state index contributed by atoms with van der Waals surface area (Å²) in [6.07, 6.45) is 0.495. The van der Waals surface area contributed by atoms with Crippen LogP contribution in [0.2, 0.25) is 10.0 Å². The summed E-state index contributed by atoms with van der Waals surface area (Å²) in [5.74, 6) is -0.322. The third-order valence-electron chi connectivity index (χ3n) is 6.80. The van der Waals surface area contributed by atoms with Crippen molar-refractivity contribution in [2.24, 2.45) is 0 Å². The summed E-state index contributed by atoms with van der Waals surface area (Å²) < 4.78 is 6.65. The number of halogens is 3. The molecule has 2 fully saturated rings. The Morgan fingerprint density at radius 3 is 2.19 bits per heavy atom. The number of piperidine rings is 1. The molecule has 200 valence electrons. The summed E-state index contributed by atoms with van der Waals surface area (Å²) >= 11 is 15.9. The van der Waals surface area contributed by atoms with Crippen molar-refractivity contribution in [3.63, 3.8) is 0 Å². The largest absolute Gasteiger partial charge is 0.356 e. The standard InChI is InChI=1S/C27H32BrCl2N3O4/c1-26(2,3)37-25(36)31-11-9-21(10-12-31)33-24(35)32(22-14-19(29)13-20(30)15-22)23(34)27(33,4)16-17-5-7-18(28)8-6-17/h5-8,13-15,21,25,36H,9-12,16H2,1-4H3/t25?,27-/m1/s1. The van der Waals surface area contributed by atoms with Crippen LogP contribution in [0.3, 0.4) is 0 Å². The van der Waals surface area contributed by atoms with E-state index in [1.54, 1.807) is 23.1 Å². The Labute approximate surface area is 236 Å². The molecule has 0 aliphatic carbocycles. The van der Waals surface area contributed by atoms with E-state index in [0.29, 0.717) is 48.1 Å². The first-order chi connectivity index (χ1) is 17.3. The molecule has 10 heteroatoms. The Kier molecular flexibility index (Phi) is 8.29. The summed E-state index contributed by atoms with van der Waals surface area (Å²) in [5.41, 5.74) is -0.319. The van der Waals surface area contributed by atoms with E-state index in [1.165, 1.54) is 4.90 Å². The Hall–Kier alpha value is -1.68. The minimum absolute atomic E-state index is 0.199. The van der Waals surface area contributed by atoms with E-state index in [2.05, 4.69) is 15.9 Å². The van der Waals surface area contributed by atoms with Crippen molar-refractivity contribution in [1.82, 2.24) is 9.80 Å². The highest BCUT2D eigenvalue weighted by Gasteiger charge is 2.57. The molecule has 3 amide bonds. The summed E-state index contributed by atoms with van der Waals surface area (Å²) in [6, 6.07) is 11.9. The minimum Gasteiger partial charge on any atom is -0.356 e. The number of nitrogens with zero attached hydrogens (tertiary/aromatic N) is 3. The first-order valence-corrected chi connectivity index (χ1v) is 13.8. The molecule has 2 saturated heterocycles. The Morgan fingerprint density at radius 2 is 1.65 bits per heavy atom. The maximum absolute atomic E-state index is 14.0. The number of hydrogen-bond acceptors (Lipinski definition) is 5. The molecular weight excluding hydrogens is 581 g/mol. The molecule has 4 rings (SSSR count). The van der Waals surface area contributed by atoms with Gasteiger partial charge in [0.05, 0.1) is 11.3 Å². The van der Waals surface area contributed by atoms with Gasteiger partial charge in [-0.15, -0.1) is 0 Å². The highest BCUT2D eigenvalue weighted by molar-refractivity contribution is 9.10. The van der Waals surface area contributed by atoms with Crippen LogP contribution in [0.15, 0.2) is 46.9 Å². The van der Waals surface area contributed by atoms with E-state index in [4.69, 9.17) is 27.9 Å². The van der Waals surface area contributed by atoms with Crippen LogP contribution in [-0.4, -0.2) is 63.5 Å². The van der Waals surface area contributed by atoms with E-state index in [-0.39, 0.29) is 11.9 Å². The van der Waals surface area contributed by atoms with Gasteiger partial charge in [-0.25, -0.2) is 9.69 Å². The molecule has 0 spiro atoms. The summed E-state index contributed by atoms with van der Waals surface area (Å²) in [4.78, 5) is 32.7. The first-order valence-electron chi connectivity index (χ1n) is 12.3. The van der Waals surface area contributed by atoms with Crippen LogP contribution in [0.4, 0.5) is 10.5 Å². The van der Waals surface area contributed by atoms with Crippen molar-refractivity contribution in [3.05, 3.63) is 62.5 Å². The molecule has 0 saturated carbocycles. The number of aliphatic hydroxyl groups is 1. The highest BCUT2D eigenvalue weighted by Crippen LogP contribution is 2.40. The van der Waals surface area contributed by atoms with Gasteiger partial charge in [0.15, 0.2) is 0 Å². The maximum Gasteiger partial charge on any atom is 0.332 e. The van der Waals surface area contributed by atoms with E-state index in [9.17, 15) is 14.7 Å². The molecule has 1 unspecified atom stereocenters. The lowest BCUT2D eigenvalue weighted by molar-refractivity contribution is -0.243. The van der Waals surface area contributed by atoms with Gasteiger partial charge in [0.2, 0.25) is 6.41 Å². The molecule has 0 aromatic heterocycles. The van der Waals surface area contributed by atoms with Gasteiger partial charge in [0.1, 0.15) is 5.54 Å². The van der Waals surface area contributed by atoms with Crippen LogP contribution in [0.25, 0.3) is 0 Å². The summed E-state index contributed by atoms with van der Waals surface area (Å²) in [5, 5.41) is 11.2. The number of urea groups is 1. The highest BCUT2D eigenvalue weighted by atomic mass is 79.9. The van der Waals surface area contributed by atoms with Gasteiger partial charge in [0, 0.05) is 40.1 Å². The van der Waals surface area contributed by atoms with Crippen LogP contribution < -0.4 is 4.90 Å². The number of benzene rings is 2. The Bertz CT molecular complexity index is 1140. The monoisotopic (exact) mass is 611 g/mol. The molecule has 2 atom stereocenters. The number of anilines is 1. The number of ether oxygens (including phenoxy) is 1. The number of rotatable bonds is 6. The number of likely N-dealkylation sites (tertiary alicyclic amines) is 1. The summed E-state index contributed by atoms with van der Waals surface area (Å²) in [7, 11) is 0. The zero-order chi connectivity index (χ0) is 27.1. The maximum atomic E-state index is 14.0. The molecule has 2 aromatic rings. The zero-order valence-electron chi connectivity index (χ0n) is 21.4. The first kappa shape index (κ1) is 28.3. The topological polar surface area (TPSA) is 73.3 Å². The normalized spacial score (nSPS) is 22.7. The SMILES string of the molecule is CC(C)(C)OC(O)N1CCC(N2C(=O)N(c3cc(Cl)cc(Cl)c3)C(=O)[C@@]2(C)Cc2ccc(Br)cc2)CC1. The average Bonchev–Trinajstić information content (AvgIpc) is 2.98. The van der Waals surface area contributed by atoms with Crippen LogP contribution in [-0.2, 0) is 16.0 Å². The number of hydrogen-bond donors (Lipinski definition) is 1. The van der Waals surface area contributed by atoms with E-state index in [0.717, 1.165) is 10.0 Å². The van der Waals surface area contributed by atoms with Crippen LogP contribution in [0.5, 0.6) is 0 Å². The fourth-order valence-corrected chi connectivity index (χ4v) is 5.90.